The van der Waals surface area contributed by atoms with E-state index in [-0.39, 0.29) is 11.5 Å². The van der Waals surface area contributed by atoms with Gasteiger partial charge in [0.25, 0.3) is 5.56 Å². The van der Waals surface area contributed by atoms with Crippen molar-refractivity contribution in [1.82, 2.24) is 10.5 Å². The number of hydrogen-bond donors (Lipinski definition) is 3. The second kappa shape index (κ2) is 3.90. The molecular weight excluding hydrogens is 200 g/mol. The number of nitrogens with one attached hydrogen (secondary N) is 2. The van der Waals surface area contributed by atoms with Crippen molar-refractivity contribution in [2.45, 2.75) is 12.3 Å². The summed E-state index contributed by atoms with van der Waals surface area (Å²) in [5.41, 5.74) is -0.326. The van der Waals surface area contributed by atoms with Crippen molar-refractivity contribution in [2.24, 2.45) is 5.92 Å². The molecule has 1 fully saturated rings. The van der Waals surface area contributed by atoms with Gasteiger partial charge in [-0.2, -0.15) is 5.16 Å². The number of hydrogen-bond acceptors (Lipinski definition) is 4. The Morgan fingerprint density at radius 1 is 1.60 bits per heavy atom. The quantitative estimate of drug-likeness (QED) is 0.628. The van der Waals surface area contributed by atoms with Crippen LogP contribution in [0.15, 0.2) is 15.4 Å². The minimum atomic E-state index is -0.865. The van der Waals surface area contributed by atoms with Gasteiger partial charge in [0, 0.05) is 18.5 Å². The first kappa shape index (κ1) is 9.97. The van der Waals surface area contributed by atoms with E-state index >= 15 is 0 Å². The van der Waals surface area contributed by atoms with Crippen LogP contribution >= 0.6 is 0 Å². The number of carboxylic acids is 1. The van der Waals surface area contributed by atoms with Crippen LogP contribution in [0.25, 0.3) is 0 Å². The Bertz CT molecular complexity index is 408. The number of carboxylic acid groups (broad SMARTS) is 1. The van der Waals surface area contributed by atoms with Crippen molar-refractivity contribution in [3.8, 4) is 0 Å². The molecule has 2 atom stereocenters. The molecule has 1 aliphatic rings. The molecule has 0 bridgehead atoms. The van der Waals surface area contributed by atoms with E-state index in [0.717, 1.165) is 6.54 Å². The zero-order valence-electron chi connectivity index (χ0n) is 8.03. The Kier molecular flexibility index (Phi) is 2.59. The summed E-state index contributed by atoms with van der Waals surface area (Å²) in [4.78, 5) is 21.9. The number of H-pyrrole nitrogens is 1. The average Bonchev–Trinajstić information content (AvgIpc) is 2.65. The summed E-state index contributed by atoms with van der Waals surface area (Å²) in [6.45, 7) is 1.15. The van der Waals surface area contributed by atoms with Crippen molar-refractivity contribution in [3.63, 3.8) is 0 Å². The maximum Gasteiger partial charge on any atom is 0.308 e. The largest absolute Gasteiger partial charge is 0.481 e. The van der Waals surface area contributed by atoms with E-state index in [2.05, 4.69) is 10.5 Å². The van der Waals surface area contributed by atoms with Gasteiger partial charge in [0.15, 0.2) is 0 Å². The summed E-state index contributed by atoms with van der Waals surface area (Å²) in [6, 6.07) is 1.33. The minimum absolute atomic E-state index is 0.220. The van der Waals surface area contributed by atoms with E-state index in [0.29, 0.717) is 18.7 Å². The molecule has 82 valence electrons. The molecule has 0 aromatic carbocycles. The van der Waals surface area contributed by atoms with E-state index in [9.17, 15) is 9.59 Å². The third kappa shape index (κ3) is 1.94. The van der Waals surface area contributed by atoms with Gasteiger partial charge < -0.3 is 14.9 Å². The summed E-state index contributed by atoms with van der Waals surface area (Å²) >= 11 is 0. The molecule has 15 heavy (non-hydrogen) atoms. The number of piperidine rings is 1. The van der Waals surface area contributed by atoms with Gasteiger partial charge in [-0.15, -0.1) is 0 Å². The fraction of sp³-hybridized carbons (Fsp3) is 0.556. The maximum absolute atomic E-state index is 11.0. The Labute approximate surface area is 85.2 Å². The lowest BCUT2D eigenvalue weighted by atomic mass is 9.85. The summed E-state index contributed by atoms with van der Waals surface area (Å²) < 4.78 is 4.96. The van der Waals surface area contributed by atoms with E-state index in [1.54, 1.807) is 0 Å². The second-order valence-corrected chi connectivity index (χ2v) is 3.66. The number of rotatable bonds is 2. The highest BCUT2D eigenvalue weighted by Crippen LogP contribution is 2.29. The molecule has 1 aromatic heterocycles. The molecule has 3 N–H and O–H groups in total. The lowest BCUT2D eigenvalue weighted by Crippen LogP contribution is -2.39. The van der Waals surface area contributed by atoms with Crippen LogP contribution in [0.1, 0.15) is 18.1 Å². The normalized spacial score (nSPS) is 26.4. The Balaban J connectivity index is 2.25. The van der Waals surface area contributed by atoms with Gasteiger partial charge in [-0.3, -0.25) is 9.59 Å². The van der Waals surface area contributed by atoms with Crippen molar-refractivity contribution >= 4 is 5.97 Å². The van der Waals surface area contributed by atoms with Crippen molar-refractivity contribution < 1.29 is 14.4 Å². The molecule has 0 aliphatic carbocycles. The van der Waals surface area contributed by atoms with Crippen LogP contribution in [-0.4, -0.2) is 29.3 Å². The molecule has 1 aliphatic heterocycles. The molecule has 2 heterocycles. The lowest BCUT2D eigenvalue weighted by molar-refractivity contribution is -0.143. The molecule has 6 nitrogen and oxygen atoms in total. The Morgan fingerprint density at radius 3 is 3.00 bits per heavy atom. The first-order valence-corrected chi connectivity index (χ1v) is 4.80. The molecule has 1 aromatic rings. The van der Waals surface area contributed by atoms with Crippen LogP contribution in [0.2, 0.25) is 0 Å². The SMILES string of the molecule is O=C(O)C1CNCCC1c1cc(=O)[nH]o1. The smallest absolute Gasteiger partial charge is 0.308 e. The van der Waals surface area contributed by atoms with Crippen LogP contribution in [0, 0.1) is 5.92 Å². The summed E-state index contributed by atoms with van der Waals surface area (Å²) in [5, 5.41) is 14.2. The van der Waals surface area contributed by atoms with Gasteiger partial charge in [0.1, 0.15) is 5.76 Å². The van der Waals surface area contributed by atoms with E-state index in [1.807, 2.05) is 0 Å². The fourth-order valence-electron chi connectivity index (χ4n) is 1.94. The van der Waals surface area contributed by atoms with Crippen LogP contribution in [0.5, 0.6) is 0 Å². The predicted octanol–water partition coefficient (Wildman–Crippen LogP) is -0.254. The number of aromatic nitrogens is 1. The molecule has 0 saturated carbocycles. The number of aromatic amines is 1. The monoisotopic (exact) mass is 212 g/mol. The second-order valence-electron chi connectivity index (χ2n) is 3.66. The van der Waals surface area contributed by atoms with Gasteiger partial charge in [-0.25, -0.2) is 0 Å². The number of carbonyl (C=O) groups is 1. The van der Waals surface area contributed by atoms with Crippen LogP contribution in [0.4, 0.5) is 0 Å². The Morgan fingerprint density at radius 2 is 2.40 bits per heavy atom. The van der Waals surface area contributed by atoms with E-state index in [1.165, 1.54) is 6.07 Å². The van der Waals surface area contributed by atoms with Crippen LogP contribution < -0.4 is 10.9 Å². The molecule has 0 spiro atoms. The predicted molar refractivity (Wildman–Crippen MR) is 50.7 cm³/mol. The van der Waals surface area contributed by atoms with Gasteiger partial charge in [-0.1, -0.05) is 0 Å². The summed E-state index contributed by atoms with van der Waals surface area (Å²) in [5.74, 6) is -1.18. The van der Waals surface area contributed by atoms with Crippen LogP contribution in [0.3, 0.4) is 0 Å². The zero-order valence-corrected chi connectivity index (χ0v) is 8.03. The maximum atomic E-state index is 11.0. The minimum Gasteiger partial charge on any atom is -0.481 e. The van der Waals surface area contributed by atoms with Gasteiger partial charge in [0.2, 0.25) is 0 Å². The van der Waals surface area contributed by atoms with E-state index in [4.69, 9.17) is 9.63 Å². The highest BCUT2D eigenvalue weighted by Gasteiger charge is 2.34. The zero-order chi connectivity index (χ0) is 10.8. The van der Waals surface area contributed by atoms with Gasteiger partial charge in [0.05, 0.1) is 5.92 Å². The molecular formula is C9H12N2O4. The standard InChI is InChI=1S/C9H12N2O4/c12-8-3-7(15-11-8)5-1-2-10-4-6(5)9(13)14/h3,5-6,10H,1-2,4H2,(H,11,12)(H,13,14). The first-order valence-electron chi connectivity index (χ1n) is 4.80. The lowest BCUT2D eigenvalue weighted by Gasteiger charge is -2.26. The molecule has 0 amide bonds. The topological polar surface area (TPSA) is 95.3 Å². The third-order valence-corrected chi connectivity index (χ3v) is 2.71. The Hall–Kier alpha value is -1.56. The van der Waals surface area contributed by atoms with Crippen molar-refractivity contribution in [1.29, 1.82) is 0 Å². The molecule has 1 saturated heterocycles. The molecule has 0 radical (unpaired) electrons. The molecule has 6 heteroatoms. The average molecular weight is 212 g/mol. The van der Waals surface area contributed by atoms with Crippen molar-refractivity contribution in [3.05, 3.63) is 22.2 Å². The number of aliphatic carboxylic acids is 1. The molecule has 2 unspecified atom stereocenters. The summed E-state index contributed by atoms with van der Waals surface area (Å²) in [7, 11) is 0. The van der Waals surface area contributed by atoms with Gasteiger partial charge in [-0.05, 0) is 13.0 Å². The third-order valence-electron chi connectivity index (χ3n) is 2.71. The summed E-state index contributed by atoms with van der Waals surface area (Å²) in [6.07, 6.45) is 0.664. The van der Waals surface area contributed by atoms with Crippen LogP contribution in [-0.2, 0) is 4.79 Å². The fourth-order valence-corrected chi connectivity index (χ4v) is 1.94. The van der Waals surface area contributed by atoms with Crippen molar-refractivity contribution in [2.75, 3.05) is 13.1 Å². The first-order chi connectivity index (χ1) is 7.18. The highest BCUT2D eigenvalue weighted by molar-refractivity contribution is 5.71. The highest BCUT2D eigenvalue weighted by atomic mass is 16.5. The molecule has 2 rings (SSSR count). The van der Waals surface area contributed by atoms with Gasteiger partial charge >= 0.3 is 5.97 Å². The van der Waals surface area contributed by atoms with E-state index < -0.39 is 11.9 Å².